The van der Waals surface area contributed by atoms with Gasteiger partial charge >= 0.3 is 0 Å². The third-order valence-electron chi connectivity index (χ3n) is 4.60. The third kappa shape index (κ3) is 2.87. The minimum atomic E-state index is 0.202. The zero-order valence-electron chi connectivity index (χ0n) is 13.3. The monoisotopic (exact) mass is 263 g/mol. The fraction of sp³-hybridized carbons (Fsp3) is 0.750. The molecule has 3 nitrogen and oxygen atoms in total. The second-order valence-electron chi connectivity index (χ2n) is 7.26. The van der Waals surface area contributed by atoms with Crippen molar-refractivity contribution < 1.29 is 0 Å². The molecule has 2 rings (SSSR count). The molecule has 0 spiro atoms. The predicted octanol–water partition coefficient (Wildman–Crippen LogP) is 2.72. The number of aromatic nitrogens is 1. The molecule has 0 aliphatic heterocycles. The van der Waals surface area contributed by atoms with Crippen LogP contribution in [0.1, 0.15) is 50.2 Å². The molecule has 1 aromatic rings. The molecule has 1 aliphatic carbocycles. The lowest BCUT2D eigenvalue weighted by Gasteiger charge is -2.35. The Bertz CT molecular complexity index is 457. The van der Waals surface area contributed by atoms with Gasteiger partial charge in [-0.3, -0.25) is 0 Å². The van der Waals surface area contributed by atoms with Crippen molar-refractivity contribution in [2.45, 2.75) is 59.2 Å². The van der Waals surface area contributed by atoms with Crippen LogP contribution < -0.4 is 5.73 Å². The standard InChI is InChI=1S/C16H29N3/c1-11-7-13-14(17)8-16(3,4)9-15(13)19(11)10-12(2)18(5)6/h7,12,14H,8-10,17H2,1-6H3. The molecular formula is C16H29N3. The van der Waals surface area contributed by atoms with E-state index in [2.05, 4.69) is 57.3 Å². The Labute approximate surface area is 117 Å². The maximum Gasteiger partial charge on any atom is 0.0378 e. The zero-order chi connectivity index (χ0) is 14.4. The highest BCUT2D eigenvalue weighted by Crippen LogP contribution is 2.40. The summed E-state index contributed by atoms with van der Waals surface area (Å²) in [7, 11) is 4.29. The molecule has 1 aliphatic rings. The van der Waals surface area contributed by atoms with Crippen molar-refractivity contribution in [3.8, 4) is 0 Å². The van der Waals surface area contributed by atoms with Crippen molar-refractivity contribution in [3.05, 3.63) is 23.0 Å². The van der Waals surface area contributed by atoms with Gasteiger partial charge in [-0.15, -0.1) is 0 Å². The summed E-state index contributed by atoms with van der Waals surface area (Å²) >= 11 is 0. The maximum absolute atomic E-state index is 6.37. The van der Waals surface area contributed by atoms with E-state index >= 15 is 0 Å². The number of nitrogens with two attached hydrogens (primary N) is 1. The van der Waals surface area contributed by atoms with Crippen LogP contribution in [0.4, 0.5) is 0 Å². The number of likely N-dealkylation sites (N-methyl/N-ethyl adjacent to an activating group) is 1. The molecular weight excluding hydrogens is 234 g/mol. The van der Waals surface area contributed by atoms with Gasteiger partial charge in [0.1, 0.15) is 0 Å². The Hall–Kier alpha value is -0.800. The highest BCUT2D eigenvalue weighted by Gasteiger charge is 2.33. The number of rotatable bonds is 3. The molecule has 0 aromatic carbocycles. The van der Waals surface area contributed by atoms with Crippen molar-refractivity contribution in [3.63, 3.8) is 0 Å². The van der Waals surface area contributed by atoms with E-state index in [1.54, 1.807) is 0 Å². The summed E-state index contributed by atoms with van der Waals surface area (Å²) in [6.45, 7) is 10.2. The first-order valence-electron chi connectivity index (χ1n) is 7.32. The van der Waals surface area contributed by atoms with E-state index in [4.69, 9.17) is 5.73 Å². The molecule has 0 saturated carbocycles. The topological polar surface area (TPSA) is 34.2 Å². The summed E-state index contributed by atoms with van der Waals surface area (Å²) < 4.78 is 2.49. The molecule has 19 heavy (non-hydrogen) atoms. The van der Waals surface area contributed by atoms with Crippen LogP contribution in [-0.2, 0) is 13.0 Å². The minimum absolute atomic E-state index is 0.202. The van der Waals surface area contributed by atoms with Crippen molar-refractivity contribution in [2.24, 2.45) is 11.1 Å². The van der Waals surface area contributed by atoms with Crippen LogP contribution in [0.25, 0.3) is 0 Å². The summed E-state index contributed by atoms with van der Waals surface area (Å²) in [6, 6.07) is 3.04. The second-order valence-corrected chi connectivity index (χ2v) is 7.26. The first-order valence-corrected chi connectivity index (χ1v) is 7.32. The molecule has 1 aromatic heterocycles. The van der Waals surface area contributed by atoms with Crippen LogP contribution in [0, 0.1) is 12.3 Å². The lowest BCUT2D eigenvalue weighted by Crippen LogP contribution is -2.33. The average molecular weight is 263 g/mol. The Balaban J connectivity index is 2.36. The summed E-state index contributed by atoms with van der Waals surface area (Å²) in [5, 5.41) is 0. The Kier molecular flexibility index (Phi) is 3.80. The lowest BCUT2D eigenvalue weighted by molar-refractivity contribution is 0.256. The Morgan fingerprint density at radius 1 is 1.47 bits per heavy atom. The van der Waals surface area contributed by atoms with Gasteiger partial charge in [0, 0.05) is 30.0 Å². The minimum Gasteiger partial charge on any atom is -0.347 e. The summed E-state index contributed by atoms with van der Waals surface area (Å²) in [6.07, 6.45) is 2.23. The van der Waals surface area contributed by atoms with Crippen LogP contribution in [0.3, 0.4) is 0 Å². The van der Waals surface area contributed by atoms with Gasteiger partial charge in [0.25, 0.3) is 0 Å². The van der Waals surface area contributed by atoms with Gasteiger partial charge in [-0.05, 0) is 57.8 Å². The van der Waals surface area contributed by atoms with Crippen LogP contribution in [0.2, 0.25) is 0 Å². The fourth-order valence-corrected chi connectivity index (χ4v) is 3.19. The van der Waals surface area contributed by atoms with Gasteiger partial charge in [0.15, 0.2) is 0 Å². The van der Waals surface area contributed by atoms with Gasteiger partial charge < -0.3 is 15.2 Å². The van der Waals surface area contributed by atoms with E-state index in [1.807, 2.05) is 0 Å². The molecule has 108 valence electrons. The van der Waals surface area contributed by atoms with E-state index in [1.165, 1.54) is 17.0 Å². The van der Waals surface area contributed by atoms with Crippen molar-refractivity contribution in [2.75, 3.05) is 14.1 Å². The zero-order valence-corrected chi connectivity index (χ0v) is 13.3. The van der Waals surface area contributed by atoms with Crippen LogP contribution >= 0.6 is 0 Å². The fourth-order valence-electron chi connectivity index (χ4n) is 3.19. The molecule has 2 unspecified atom stereocenters. The molecule has 0 fully saturated rings. The van der Waals surface area contributed by atoms with E-state index in [0.29, 0.717) is 11.5 Å². The molecule has 2 N–H and O–H groups in total. The SMILES string of the molecule is Cc1cc2c(n1CC(C)N(C)C)CC(C)(C)CC2N. The van der Waals surface area contributed by atoms with Crippen LogP contribution in [0.5, 0.6) is 0 Å². The van der Waals surface area contributed by atoms with Crippen molar-refractivity contribution in [1.29, 1.82) is 0 Å². The third-order valence-corrected chi connectivity index (χ3v) is 4.60. The van der Waals surface area contributed by atoms with Crippen LogP contribution in [-0.4, -0.2) is 29.6 Å². The van der Waals surface area contributed by atoms with E-state index < -0.39 is 0 Å². The van der Waals surface area contributed by atoms with Crippen LogP contribution in [0.15, 0.2) is 6.07 Å². The quantitative estimate of drug-likeness (QED) is 0.910. The van der Waals surface area contributed by atoms with Crippen molar-refractivity contribution >= 4 is 0 Å². The molecule has 0 saturated heterocycles. The van der Waals surface area contributed by atoms with E-state index in [-0.39, 0.29) is 6.04 Å². The number of nitrogens with zero attached hydrogens (tertiary/aromatic N) is 2. The van der Waals surface area contributed by atoms with E-state index in [9.17, 15) is 0 Å². The number of fused-ring (bicyclic) bond motifs is 1. The molecule has 0 amide bonds. The second kappa shape index (κ2) is 4.95. The Morgan fingerprint density at radius 3 is 2.68 bits per heavy atom. The summed E-state index contributed by atoms with van der Waals surface area (Å²) in [5.74, 6) is 0. The predicted molar refractivity (Wildman–Crippen MR) is 81.3 cm³/mol. The van der Waals surface area contributed by atoms with Gasteiger partial charge in [0.05, 0.1) is 0 Å². The highest BCUT2D eigenvalue weighted by molar-refractivity contribution is 5.34. The van der Waals surface area contributed by atoms with Gasteiger partial charge in [-0.2, -0.15) is 0 Å². The summed E-state index contributed by atoms with van der Waals surface area (Å²) in [4.78, 5) is 2.28. The molecule has 1 heterocycles. The van der Waals surface area contributed by atoms with Gasteiger partial charge in [-0.1, -0.05) is 13.8 Å². The van der Waals surface area contributed by atoms with Crippen molar-refractivity contribution in [1.82, 2.24) is 9.47 Å². The highest BCUT2D eigenvalue weighted by atomic mass is 15.1. The van der Waals surface area contributed by atoms with Gasteiger partial charge in [0.2, 0.25) is 0 Å². The number of hydrogen-bond acceptors (Lipinski definition) is 2. The smallest absolute Gasteiger partial charge is 0.0378 e. The molecule has 3 heteroatoms. The first kappa shape index (κ1) is 14.6. The average Bonchev–Trinajstić information content (AvgIpc) is 2.55. The first-order chi connectivity index (χ1) is 8.71. The number of hydrogen-bond donors (Lipinski definition) is 1. The Morgan fingerprint density at radius 2 is 2.11 bits per heavy atom. The molecule has 2 atom stereocenters. The number of aryl methyl sites for hydroxylation is 1. The summed E-state index contributed by atoms with van der Waals surface area (Å²) in [5.41, 5.74) is 10.9. The lowest BCUT2D eigenvalue weighted by atomic mass is 9.74. The largest absolute Gasteiger partial charge is 0.347 e. The molecule has 0 radical (unpaired) electrons. The maximum atomic E-state index is 6.37. The molecule has 0 bridgehead atoms. The van der Waals surface area contributed by atoms with E-state index in [0.717, 1.165) is 19.4 Å². The normalized spacial score (nSPS) is 23.5. The van der Waals surface area contributed by atoms with Gasteiger partial charge in [-0.25, -0.2) is 0 Å².